The van der Waals surface area contributed by atoms with Gasteiger partial charge in [-0.15, -0.1) is 0 Å². The number of ether oxygens (including phenoxy) is 1. The van der Waals surface area contributed by atoms with Crippen molar-refractivity contribution in [1.29, 1.82) is 0 Å². The highest BCUT2D eigenvalue weighted by Gasteiger charge is 2.21. The summed E-state index contributed by atoms with van der Waals surface area (Å²) >= 11 is 0. The lowest BCUT2D eigenvalue weighted by atomic mass is 10.0. The third-order valence-corrected chi connectivity index (χ3v) is 2.85. The molecule has 1 aliphatic rings. The summed E-state index contributed by atoms with van der Waals surface area (Å²) in [6.07, 6.45) is 4.75. The number of nitrogens with one attached hydrogen (secondary N) is 2. The second kappa shape index (κ2) is 5.63. The lowest BCUT2D eigenvalue weighted by Gasteiger charge is -2.22. The summed E-state index contributed by atoms with van der Waals surface area (Å²) in [5.41, 5.74) is 0.618. The van der Waals surface area contributed by atoms with Gasteiger partial charge < -0.3 is 15.4 Å². The van der Waals surface area contributed by atoms with Gasteiger partial charge in [0.25, 0.3) is 0 Å². The van der Waals surface area contributed by atoms with Crippen LogP contribution < -0.4 is 15.4 Å². The Morgan fingerprint density at radius 2 is 2.47 bits per heavy atom. The smallest absolute Gasteiger partial charge is 0.241 e. The van der Waals surface area contributed by atoms with E-state index in [9.17, 15) is 4.79 Å². The number of piperidine rings is 1. The summed E-state index contributed by atoms with van der Waals surface area (Å²) in [6, 6.07) is 3.45. The van der Waals surface area contributed by atoms with E-state index < -0.39 is 0 Å². The largest absolute Gasteiger partial charge is 0.480 e. The maximum atomic E-state index is 12.0. The standard InChI is InChI=1S/C12H17N3O2/c1-17-12-10(6-4-8-14-12)15-11(16)9-5-2-3-7-13-9/h4,6,8-9,13H,2-3,5,7H2,1H3,(H,15,16). The summed E-state index contributed by atoms with van der Waals surface area (Å²) in [5.74, 6) is 0.424. The van der Waals surface area contributed by atoms with Crippen LogP contribution in [0.3, 0.4) is 0 Å². The zero-order valence-electron chi connectivity index (χ0n) is 9.90. The lowest BCUT2D eigenvalue weighted by Crippen LogP contribution is -2.43. The second-order valence-electron chi connectivity index (χ2n) is 4.05. The van der Waals surface area contributed by atoms with Crippen molar-refractivity contribution in [1.82, 2.24) is 10.3 Å². The molecule has 5 nitrogen and oxygen atoms in total. The quantitative estimate of drug-likeness (QED) is 0.825. The molecule has 0 aliphatic carbocycles. The molecule has 1 aliphatic heterocycles. The first kappa shape index (κ1) is 11.9. The number of pyridine rings is 1. The fourth-order valence-electron chi connectivity index (χ4n) is 1.94. The molecule has 1 aromatic heterocycles. The minimum Gasteiger partial charge on any atom is -0.480 e. The van der Waals surface area contributed by atoms with Crippen LogP contribution in [-0.2, 0) is 4.79 Å². The van der Waals surface area contributed by atoms with Crippen LogP contribution in [0.4, 0.5) is 5.69 Å². The Morgan fingerprint density at radius 1 is 1.59 bits per heavy atom. The minimum absolute atomic E-state index is 0.0176. The molecule has 1 unspecified atom stereocenters. The molecule has 0 bridgehead atoms. The molecule has 1 fully saturated rings. The fraction of sp³-hybridized carbons (Fsp3) is 0.500. The van der Waals surface area contributed by atoms with Gasteiger partial charge in [0, 0.05) is 6.20 Å². The van der Waals surface area contributed by atoms with Gasteiger partial charge in [-0.3, -0.25) is 4.79 Å². The van der Waals surface area contributed by atoms with Crippen molar-refractivity contribution in [2.45, 2.75) is 25.3 Å². The zero-order valence-corrected chi connectivity index (χ0v) is 9.90. The van der Waals surface area contributed by atoms with Crippen LogP contribution in [0.1, 0.15) is 19.3 Å². The number of nitrogens with zero attached hydrogens (tertiary/aromatic N) is 1. The first-order valence-electron chi connectivity index (χ1n) is 5.84. The van der Waals surface area contributed by atoms with Gasteiger partial charge in [-0.05, 0) is 31.5 Å². The summed E-state index contributed by atoms with van der Waals surface area (Å²) < 4.78 is 5.09. The predicted molar refractivity (Wildman–Crippen MR) is 65.1 cm³/mol. The first-order valence-corrected chi connectivity index (χ1v) is 5.84. The monoisotopic (exact) mass is 235 g/mol. The third-order valence-electron chi connectivity index (χ3n) is 2.85. The molecule has 17 heavy (non-hydrogen) atoms. The number of amides is 1. The Hall–Kier alpha value is -1.62. The van der Waals surface area contributed by atoms with E-state index in [0.717, 1.165) is 25.8 Å². The molecule has 1 atom stereocenters. The number of methoxy groups -OCH3 is 1. The van der Waals surface area contributed by atoms with Crippen molar-refractivity contribution in [2.75, 3.05) is 19.0 Å². The van der Waals surface area contributed by atoms with Crippen LogP contribution in [0.25, 0.3) is 0 Å². The number of hydrogen-bond acceptors (Lipinski definition) is 4. The maximum Gasteiger partial charge on any atom is 0.241 e. The molecule has 5 heteroatoms. The topological polar surface area (TPSA) is 63.2 Å². The van der Waals surface area contributed by atoms with Gasteiger partial charge >= 0.3 is 0 Å². The summed E-state index contributed by atoms with van der Waals surface area (Å²) in [4.78, 5) is 16.0. The van der Waals surface area contributed by atoms with Crippen molar-refractivity contribution in [3.63, 3.8) is 0 Å². The fourth-order valence-corrected chi connectivity index (χ4v) is 1.94. The van der Waals surface area contributed by atoms with Crippen LogP contribution >= 0.6 is 0 Å². The third kappa shape index (κ3) is 2.94. The van der Waals surface area contributed by atoms with Gasteiger partial charge in [0.2, 0.25) is 11.8 Å². The highest BCUT2D eigenvalue weighted by atomic mass is 16.5. The first-order chi connectivity index (χ1) is 8.31. The number of aromatic nitrogens is 1. The van der Waals surface area contributed by atoms with E-state index in [-0.39, 0.29) is 11.9 Å². The van der Waals surface area contributed by atoms with Gasteiger partial charge in [0.1, 0.15) is 5.69 Å². The summed E-state index contributed by atoms with van der Waals surface area (Å²) in [5, 5.41) is 6.05. The van der Waals surface area contributed by atoms with Crippen LogP contribution in [-0.4, -0.2) is 30.6 Å². The van der Waals surface area contributed by atoms with E-state index in [1.807, 2.05) is 0 Å². The van der Waals surface area contributed by atoms with Crippen LogP contribution in [0.15, 0.2) is 18.3 Å². The molecule has 0 saturated carbocycles. The van der Waals surface area contributed by atoms with Gasteiger partial charge in [0.05, 0.1) is 13.2 Å². The Kier molecular flexibility index (Phi) is 3.93. The average molecular weight is 235 g/mol. The molecular formula is C12H17N3O2. The van der Waals surface area contributed by atoms with Crippen LogP contribution in [0.2, 0.25) is 0 Å². The van der Waals surface area contributed by atoms with Crippen molar-refractivity contribution >= 4 is 11.6 Å². The van der Waals surface area contributed by atoms with E-state index in [2.05, 4.69) is 15.6 Å². The molecule has 2 rings (SSSR count). The van der Waals surface area contributed by atoms with Gasteiger partial charge in [-0.25, -0.2) is 4.98 Å². The number of rotatable bonds is 3. The predicted octanol–water partition coefficient (Wildman–Crippen LogP) is 1.17. The minimum atomic E-state index is -0.103. The average Bonchev–Trinajstić information content (AvgIpc) is 2.40. The molecular weight excluding hydrogens is 218 g/mol. The SMILES string of the molecule is COc1ncccc1NC(=O)C1CCCCN1. The normalized spacial score (nSPS) is 19.7. The van der Waals surface area contributed by atoms with Crippen LogP contribution in [0.5, 0.6) is 5.88 Å². The lowest BCUT2D eigenvalue weighted by molar-refractivity contribution is -0.118. The van der Waals surface area contributed by atoms with E-state index in [1.54, 1.807) is 18.3 Å². The molecule has 1 aromatic rings. The maximum absolute atomic E-state index is 12.0. The van der Waals surface area contributed by atoms with E-state index >= 15 is 0 Å². The van der Waals surface area contributed by atoms with Crippen molar-refractivity contribution < 1.29 is 9.53 Å². The Morgan fingerprint density at radius 3 is 3.18 bits per heavy atom. The van der Waals surface area contributed by atoms with Crippen LogP contribution in [0, 0.1) is 0 Å². The highest BCUT2D eigenvalue weighted by Crippen LogP contribution is 2.20. The van der Waals surface area contributed by atoms with E-state index in [4.69, 9.17) is 4.74 Å². The van der Waals surface area contributed by atoms with Gasteiger partial charge in [0.15, 0.2) is 0 Å². The molecule has 0 aromatic carbocycles. The van der Waals surface area contributed by atoms with Crippen molar-refractivity contribution in [3.8, 4) is 5.88 Å². The molecule has 0 spiro atoms. The molecule has 1 saturated heterocycles. The Bertz CT molecular complexity index is 389. The second-order valence-corrected chi connectivity index (χ2v) is 4.05. The number of carbonyl (C=O) groups is 1. The van der Waals surface area contributed by atoms with Crippen molar-refractivity contribution in [2.24, 2.45) is 0 Å². The molecule has 1 amide bonds. The van der Waals surface area contributed by atoms with E-state index in [0.29, 0.717) is 11.6 Å². The molecule has 92 valence electrons. The number of anilines is 1. The Balaban J connectivity index is 2.01. The highest BCUT2D eigenvalue weighted by molar-refractivity contribution is 5.95. The van der Waals surface area contributed by atoms with Crippen molar-refractivity contribution in [3.05, 3.63) is 18.3 Å². The molecule has 2 N–H and O–H groups in total. The van der Waals surface area contributed by atoms with E-state index in [1.165, 1.54) is 7.11 Å². The zero-order chi connectivity index (χ0) is 12.1. The molecule has 0 radical (unpaired) electrons. The molecule has 2 heterocycles. The van der Waals surface area contributed by atoms with Gasteiger partial charge in [-0.2, -0.15) is 0 Å². The Labute approximate surface area is 101 Å². The number of hydrogen-bond donors (Lipinski definition) is 2. The number of carbonyl (C=O) groups excluding carboxylic acids is 1. The summed E-state index contributed by atoms with van der Waals surface area (Å²) in [6.45, 7) is 0.905. The van der Waals surface area contributed by atoms with Gasteiger partial charge in [-0.1, -0.05) is 6.42 Å². The summed E-state index contributed by atoms with van der Waals surface area (Å²) in [7, 11) is 1.54.